The minimum Gasteiger partial charge on any atom is -0.395 e. The summed E-state index contributed by atoms with van der Waals surface area (Å²) < 4.78 is 0. The fourth-order valence-corrected chi connectivity index (χ4v) is 1.84. The molecule has 0 bridgehead atoms. The van der Waals surface area contributed by atoms with Gasteiger partial charge in [0.15, 0.2) is 0 Å². The first-order valence-corrected chi connectivity index (χ1v) is 5.57. The molecule has 0 saturated carbocycles. The van der Waals surface area contributed by atoms with Crippen LogP contribution in [0.1, 0.15) is 19.3 Å². The number of likely N-dealkylation sites (N-methyl/N-ethyl adjacent to an activating group) is 1. The van der Waals surface area contributed by atoms with Crippen LogP contribution < -0.4 is 10.6 Å². The number of carbonyl (C=O) groups is 1. The average molecular weight is 215 g/mol. The van der Waals surface area contributed by atoms with Crippen molar-refractivity contribution >= 4 is 6.03 Å². The van der Waals surface area contributed by atoms with Crippen LogP contribution in [0, 0.1) is 0 Å². The number of aliphatic hydroxyl groups excluding tert-OH is 1. The molecular formula is C10H21N3O2. The van der Waals surface area contributed by atoms with Crippen LogP contribution in [0.15, 0.2) is 0 Å². The highest BCUT2D eigenvalue weighted by atomic mass is 16.3. The predicted molar refractivity (Wildman–Crippen MR) is 58.8 cm³/mol. The zero-order valence-electron chi connectivity index (χ0n) is 9.33. The van der Waals surface area contributed by atoms with Gasteiger partial charge in [0, 0.05) is 19.1 Å². The second-order valence-electron chi connectivity index (χ2n) is 3.99. The molecule has 88 valence electrons. The molecule has 1 aliphatic rings. The lowest BCUT2D eigenvalue weighted by atomic mass is 10.0. The van der Waals surface area contributed by atoms with Gasteiger partial charge in [0.25, 0.3) is 0 Å². The second-order valence-corrected chi connectivity index (χ2v) is 3.99. The van der Waals surface area contributed by atoms with Gasteiger partial charge in [-0.3, -0.25) is 0 Å². The Morgan fingerprint density at radius 2 is 2.27 bits per heavy atom. The molecule has 1 fully saturated rings. The summed E-state index contributed by atoms with van der Waals surface area (Å²) in [6.07, 6.45) is 3.65. The summed E-state index contributed by atoms with van der Waals surface area (Å²) in [5.41, 5.74) is 0. The number of piperidine rings is 1. The number of rotatable bonds is 4. The largest absolute Gasteiger partial charge is 0.395 e. The fourth-order valence-electron chi connectivity index (χ4n) is 1.84. The number of hydrogen-bond acceptors (Lipinski definition) is 3. The summed E-state index contributed by atoms with van der Waals surface area (Å²) in [6, 6.07) is 0.265. The minimum atomic E-state index is -0.192. The summed E-state index contributed by atoms with van der Waals surface area (Å²) >= 11 is 0. The van der Waals surface area contributed by atoms with Crippen molar-refractivity contribution in [2.75, 3.05) is 33.3 Å². The van der Waals surface area contributed by atoms with Crippen molar-refractivity contribution in [1.82, 2.24) is 15.5 Å². The Bertz CT molecular complexity index is 199. The summed E-state index contributed by atoms with van der Waals surface area (Å²) in [5.74, 6) is 0. The quantitative estimate of drug-likeness (QED) is 0.606. The molecule has 5 nitrogen and oxygen atoms in total. The molecule has 1 aliphatic heterocycles. The van der Waals surface area contributed by atoms with E-state index in [1.807, 2.05) is 0 Å². The first-order chi connectivity index (χ1) is 7.24. The van der Waals surface area contributed by atoms with Crippen LogP contribution in [0.25, 0.3) is 0 Å². The Balaban J connectivity index is 2.14. The van der Waals surface area contributed by atoms with Crippen LogP contribution in [-0.4, -0.2) is 55.4 Å². The Morgan fingerprint density at radius 1 is 1.47 bits per heavy atom. The lowest BCUT2D eigenvalue weighted by molar-refractivity contribution is 0.179. The van der Waals surface area contributed by atoms with E-state index in [-0.39, 0.29) is 12.6 Å². The summed E-state index contributed by atoms with van der Waals surface area (Å²) in [7, 11) is 2.09. The number of nitrogens with one attached hydrogen (secondary N) is 2. The number of aliphatic hydroxyl groups is 1. The first kappa shape index (κ1) is 12.3. The third-order valence-corrected chi connectivity index (χ3v) is 2.82. The van der Waals surface area contributed by atoms with Crippen LogP contribution in [-0.2, 0) is 0 Å². The van der Waals surface area contributed by atoms with Crippen molar-refractivity contribution in [2.45, 2.75) is 25.3 Å². The Hall–Kier alpha value is -0.810. The molecule has 0 aliphatic carbocycles. The van der Waals surface area contributed by atoms with Gasteiger partial charge in [-0.25, -0.2) is 4.79 Å². The molecule has 1 rings (SSSR count). The van der Waals surface area contributed by atoms with Gasteiger partial charge in [0.1, 0.15) is 0 Å². The maximum absolute atomic E-state index is 11.2. The highest BCUT2D eigenvalue weighted by molar-refractivity contribution is 5.73. The fraction of sp³-hybridized carbons (Fsp3) is 0.900. The van der Waals surface area contributed by atoms with E-state index >= 15 is 0 Å². The lowest BCUT2D eigenvalue weighted by Crippen LogP contribution is -2.47. The molecule has 0 aromatic heterocycles. The summed E-state index contributed by atoms with van der Waals surface area (Å²) in [6.45, 7) is 2.10. The summed E-state index contributed by atoms with van der Waals surface area (Å²) in [4.78, 5) is 13.5. The molecule has 2 amide bonds. The van der Waals surface area contributed by atoms with E-state index < -0.39 is 0 Å². The normalized spacial score (nSPS) is 22.4. The van der Waals surface area contributed by atoms with Crippen LogP contribution >= 0.6 is 0 Å². The zero-order valence-corrected chi connectivity index (χ0v) is 9.33. The van der Waals surface area contributed by atoms with Gasteiger partial charge < -0.3 is 20.6 Å². The standard InChI is InChI=1S/C10H21N3O2/c1-13-6-3-2-4-9(13)8-12-10(15)11-5-7-14/h9,14H,2-8H2,1H3,(H2,11,12,15). The van der Waals surface area contributed by atoms with Gasteiger partial charge in [-0.05, 0) is 26.4 Å². The van der Waals surface area contributed by atoms with E-state index in [4.69, 9.17) is 5.11 Å². The molecule has 0 radical (unpaired) electrons. The van der Waals surface area contributed by atoms with E-state index in [1.165, 1.54) is 12.8 Å². The predicted octanol–water partition coefficient (Wildman–Crippen LogP) is -0.238. The molecule has 3 N–H and O–H groups in total. The van der Waals surface area contributed by atoms with Gasteiger partial charge in [0.2, 0.25) is 0 Å². The van der Waals surface area contributed by atoms with Gasteiger partial charge in [0.05, 0.1) is 6.61 Å². The average Bonchev–Trinajstić information content (AvgIpc) is 2.25. The first-order valence-electron chi connectivity index (χ1n) is 5.57. The van der Waals surface area contributed by atoms with Crippen LogP contribution in [0.4, 0.5) is 4.79 Å². The molecule has 0 spiro atoms. The maximum Gasteiger partial charge on any atom is 0.314 e. The zero-order chi connectivity index (χ0) is 11.1. The van der Waals surface area contributed by atoms with Crippen molar-refractivity contribution in [1.29, 1.82) is 0 Å². The topological polar surface area (TPSA) is 64.6 Å². The molecule has 0 aromatic rings. The molecule has 5 heteroatoms. The minimum absolute atomic E-state index is 0.0171. The van der Waals surface area contributed by atoms with Gasteiger partial charge in [-0.2, -0.15) is 0 Å². The highest BCUT2D eigenvalue weighted by Gasteiger charge is 2.18. The molecular weight excluding hydrogens is 194 g/mol. The summed E-state index contributed by atoms with van der Waals surface area (Å²) in [5, 5.41) is 13.9. The van der Waals surface area contributed by atoms with Crippen molar-refractivity contribution in [3.8, 4) is 0 Å². The Kier molecular flexibility index (Phi) is 5.42. The number of hydrogen-bond donors (Lipinski definition) is 3. The molecule has 1 saturated heterocycles. The van der Waals surface area contributed by atoms with E-state index in [0.29, 0.717) is 19.1 Å². The second kappa shape index (κ2) is 6.63. The third kappa shape index (κ3) is 4.48. The molecule has 0 aromatic carbocycles. The smallest absolute Gasteiger partial charge is 0.314 e. The van der Waals surface area contributed by atoms with Crippen molar-refractivity contribution < 1.29 is 9.90 Å². The van der Waals surface area contributed by atoms with Gasteiger partial charge in [-0.1, -0.05) is 6.42 Å². The monoisotopic (exact) mass is 215 g/mol. The third-order valence-electron chi connectivity index (χ3n) is 2.82. The van der Waals surface area contributed by atoms with E-state index in [0.717, 1.165) is 13.0 Å². The SMILES string of the molecule is CN1CCCCC1CNC(=O)NCCO. The maximum atomic E-state index is 11.2. The van der Waals surface area contributed by atoms with Crippen molar-refractivity contribution in [2.24, 2.45) is 0 Å². The van der Waals surface area contributed by atoms with Crippen molar-refractivity contribution in [3.63, 3.8) is 0 Å². The van der Waals surface area contributed by atoms with Crippen molar-refractivity contribution in [3.05, 3.63) is 0 Å². The molecule has 1 atom stereocenters. The lowest BCUT2D eigenvalue weighted by Gasteiger charge is -2.32. The Labute approximate surface area is 90.8 Å². The molecule has 1 unspecified atom stereocenters. The van der Waals surface area contributed by atoms with Crippen LogP contribution in [0.5, 0.6) is 0 Å². The molecule has 1 heterocycles. The molecule has 15 heavy (non-hydrogen) atoms. The number of carbonyl (C=O) groups excluding carboxylic acids is 1. The Morgan fingerprint density at radius 3 is 2.93 bits per heavy atom. The van der Waals surface area contributed by atoms with Gasteiger partial charge >= 0.3 is 6.03 Å². The number of nitrogens with zero attached hydrogens (tertiary/aromatic N) is 1. The number of urea groups is 1. The van der Waals surface area contributed by atoms with Crippen LogP contribution in [0.2, 0.25) is 0 Å². The van der Waals surface area contributed by atoms with E-state index in [9.17, 15) is 4.79 Å². The van der Waals surface area contributed by atoms with Gasteiger partial charge in [-0.15, -0.1) is 0 Å². The number of amides is 2. The van der Waals surface area contributed by atoms with E-state index in [1.54, 1.807) is 0 Å². The number of likely N-dealkylation sites (tertiary alicyclic amines) is 1. The highest BCUT2D eigenvalue weighted by Crippen LogP contribution is 2.13. The van der Waals surface area contributed by atoms with Crippen LogP contribution in [0.3, 0.4) is 0 Å². The van der Waals surface area contributed by atoms with E-state index in [2.05, 4.69) is 22.6 Å².